The van der Waals surface area contributed by atoms with Gasteiger partial charge < -0.3 is 4.57 Å². The van der Waals surface area contributed by atoms with Gasteiger partial charge in [0, 0.05) is 11.4 Å². The maximum atomic E-state index is 13.1. The molecule has 1 aromatic carbocycles. The number of carbonyl (C=O) groups is 1. The Kier molecular flexibility index (Phi) is 3.59. The molecule has 1 heterocycles. The number of nitrogens with zero attached hydrogens (tertiary/aromatic N) is 1. The van der Waals surface area contributed by atoms with Crippen LogP contribution in [0.4, 0.5) is 4.39 Å². The van der Waals surface area contributed by atoms with E-state index in [9.17, 15) is 9.18 Å². The third-order valence-corrected chi connectivity index (χ3v) is 3.26. The second-order valence-corrected chi connectivity index (χ2v) is 4.60. The van der Waals surface area contributed by atoms with Gasteiger partial charge in [-0.15, -0.1) is 0 Å². The molecule has 19 heavy (non-hydrogen) atoms. The molecule has 1 amide bonds. The summed E-state index contributed by atoms with van der Waals surface area (Å²) in [6.07, 6.45) is 0. The molecule has 0 spiro atoms. The van der Waals surface area contributed by atoms with Gasteiger partial charge in [0.25, 0.3) is 5.91 Å². The Labute approximate surface area is 114 Å². The molecule has 0 unspecified atom stereocenters. The standard InChI is InChI=1S/C13H13ClFN3O/c1-7-5-10(13(19)17-16)8(2)18(7)12-4-3-9(15)6-11(12)14/h3-6H,16H2,1-2H3,(H,17,19). The average Bonchev–Trinajstić information content (AvgIpc) is 2.65. The maximum absolute atomic E-state index is 13.1. The molecule has 2 aromatic rings. The normalized spacial score (nSPS) is 10.6. The van der Waals surface area contributed by atoms with E-state index in [2.05, 4.69) is 5.43 Å². The molecule has 0 radical (unpaired) electrons. The molecule has 3 N–H and O–H groups in total. The minimum absolute atomic E-state index is 0.279. The molecule has 1 aromatic heterocycles. The monoisotopic (exact) mass is 281 g/mol. The number of hydrazine groups is 1. The van der Waals surface area contributed by atoms with Crippen LogP contribution in [0.2, 0.25) is 5.02 Å². The van der Waals surface area contributed by atoms with Crippen LogP contribution in [-0.4, -0.2) is 10.5 Å². The number of hydrogen-bond acceptors (Lipinski definition) is 2. The largest absolute Gasteiger partial charge is 0.316 e. The number of benzene rings is 1. The number of aryl methyl sites for hydroxylation is 1. The molecule has 2 rings (SSSR count). The highest BCUT2D eigenvalue weighted by Gasteiger charge is 2.17. The van der Waals surface area contributed by atoms with Crippen LogP contribution < -0.4 is 11.3 Å². The van der Waals surface area contributed by atoms with Gasteiger partial charge in [-0.2, -0.15) is 0 Å². The first-order valence-electron chi connectivity index (χ1n) is 5.61. The quantitative estimate of drug-likeness (QED) is 0.505. The summed E-state index contributed by atoms with van der Waals surface area (Å²) in [6, 6.07) is 5.83. The van der Waals surface area contributed by atoms with Crippen LogP contribution >= 0.6 is 11.6 Å². The SMILES string of the molecule is Cc1cc(C(=O)NN)c(C)n1-c1ccc(F)cc1Cl. The van der Waals surface area contributed by atoms with E-state index < -0.39 is 5.82 Å². The number of rotatable bonds is 2. The molecule has 100 valence electrons. The van der Waals surface area contributed by atoms with Gasteiger partial charge in [-0.1, -0.05) is 11.6 Å². The van der Waals surface area contributed by atoms with Crippen LogP contribution in [0.15, 0.2) is 24.3 Å². The number of carbonyl (C=O) groups excluding carboxylic acids is 1. The van der Waals surface area contributed by atoms with Crippen molar-refractivity contribution in [1.82, 2.24) is 9.99 Å². The van der Waals surface area contributed by atoms with Gasteiger partial charge in [-0.05, 0) is 38.1 Å². The van der Waals surface area contributed by atoms with Crippen molar-refractivity contribution in [2.75, 3.05) is 0 Å². The van der Waals surface area contributed by atoms with Crippen molar-refractivity contribution in [1.29, 1.82) is 0 Å². The summed E-state index contributed by atoms with van der Waals surface area (Å²) < 4.78 is 14.9. The number of aromatic nitrogens is 1. The Morgan fingerprint density at radius 2 is 2.05 bits per heavy atom. The first-order chi connectivity index (χ1) is 8.95. The lowest BCUT2D eigenvalue weighted by Gasteiger charge is -2.11. The molecule has 0 saturated heterocycles. The van der Waals surface area contributed by atoms with E-state index in [1.54, 1.807) is 23.6 Å². The summed E-state index contributed by atoms with van der Waals surface area (Å²) >= 11 is 6.04. The van der Waals surface area contributed by atoms with Gasteiger partial charge >= 0.3 is 0 Å². The number of nitrogen functional groups attached to an aromatic ring is 1. The van der Waals surface area contributed by atoms with E-state index in [4.69, 9.17) is 17.4 Å². The van der Waals surface area contributed by atoms with E-state index in [0.29, 0.717) is 16.9 Å². The van der Waals surface area contributed by atoms with Gasteiger partial charge in [0.05, 0.1) is 16.3 Å². The average molecular weight is 282 g/mol. The van der Waals surface area contributed by atoms with Crippen molar-refractivity contribution in [2.24, 2.45) is 5.84 Å². The molecule has 0 aliphatic carbocycles. The number of nitrogens with two attached hydrogens (primary N) is 1. The van der Waals surface area contributed by atoms with E-state index in [1.165, 1.54) is 12.1 Å². The van der Waals surface area contributed by atoms with Crippen molar-refractivity contribution in [3.05, 3.63) is 52.1 Å². The smallest absolute Gasteiger partial charge is 0.267 e. The minimum Gasteiger partial charge on any atom is -0.316 e. The highest BCUT2D eigenvalue weighted by Crippen LogP contribution is 2.27. The Morgan fingerprint density at radius 1 is 1.37 bits per heavy atom. The maximum Gasteiger partial charge on any atom is 0.267 e. The number of hydrogen-bond donors (Lipinski definition) is 2. The highest BCUT2D eigenvalue weighted by molar-refractivity contribution is 6.32. The van der Waals surface area contributed by atoms with Crippen molar-refractivity contribution in [3.63, 3.8) is 0 Å². The van der Waals surface area contributed by atoms with E-state index >= 15 is 0 Å². The second kappa shape index (κ2) is 5.03. The molecule has 0 bridgehead atoms. The summed E-state index contributed by atoms with van der Waals surface area (Å²) in [4.78, 5) is 11.6. The topological polar surface area (TPSA) is 60.1 Å². The van der Waals surface area contributed by atoms with E-state index in [0.717, 1.165) is 5.69 Å². The van der Waals surface area contributed by atoms with Gasteiger partial charge in [0.1, 0.15) is 5.82 Å². The fourth-order valence-corrected chi connectivity index (χ4v) is 2.36. The third-order valence-electron chi connectivity index (χ3n) is 2.96. The van der Waals surface area contributed by atoms with Gasteiger partial charge in [0.2, 0.25) is 0 Å². The van der Waals surface area contributed by atoms with Crippen LogP contribution in [-0.2, 0) is 0 Å². The molecule has 6 heteroatoms. The van der Waals surface area contributed by atoms with Crippen molar-refractivity contribution >= 4 is 17.5 Å². The van der Waals surface area contributed by atoms with Crippen LogP contribution in [0.5, 0.6) is 0 Å². The van der Waals surface area contributed by atoms with Gasteiger partial charge in [-0.3, -0.25) is 10.2 Å². The third kappa shape index (κ3) is 2.34. The fourth-order valence-electron chi connectivity index (χ4n) is 2.10. The van der Waals surface area contributed by atoms with Crippen LogP contribution in [0.1, 0.15) is 21.7 Å². The Balaban J connectivity index is 2.63. The zero-order chi connectivity index (χ0) is 14.2. The first kappa shape index (κ1) is 13.6. The summed E-state index contributed by atoms with van der Waals surface area (Å²) in [5, 5.41) is 0.279. The molecule has 4 nitrogen and oxygen atoms in total. The van der Waals surface area contributed by atoms with Crippen LogP contribution in [0.25, 0.3) is 5.69 Å². The van der Waals surface area contributed by atoms with E-state index in [-0.39, 0.29) is 10.9 Å². The Bertz CT molecular complexity index is 652. The summed E-state index contributed by atoms with van der Waals surface area (Å²) in [5.41, 5.74) is 4.67. The minimum atomic E-state index is -0.406. The summed E-state index contributed by atoms with van der Waals surface area (Å²) in [7, 11) is 0. The lowest BCUT2D eigenvalue weighted by molar-refractivity contribution is 0.0953. The Morgan fingerprint density at radius 3 is 2.63 bits per heavy atom. The van der Waals surface area contributed by atoms with Crippen molar-refractivity contribution < 1.29 is 9.18 Å². The zero-order valence-corrected chi connectivity index (χ0v) is 11.3. The number of halogens is 2. The summed E-state index contributed by atoms with van der Waals surface area (Å²) in [5.74, 6) is 4.35. The molecular formula is C13H13ClFN3O. The van der Waals surface area contributed by atoms with Crippen molar-refractivity contribution in [3.8, 4) is 5.69 Å². The lowest BCUT2D eigenvalue weighted by atomic mass is 10.2. The predicted octanol–water partition coefficient (Wildman–Crippen LogP) is 2.49. The zero-order valence-electron chi connectivity index (χ0n) is 10.5. The first-order valence-corrected chi connectivity index (χ1v) is 5.98. The molecule has 0 saturated carbocycles. The summed E-state index contributed by atoms with van der Waals surface area (Å²) in [6.45, 7) is 3.61. The highest BCUT2D eigenvalue weighted by atomic mass is 35.5. The second-order valence-electron chi connectivity index (χ2n) is 4.19. The Hall–Kier alpha value is -1.85. The molecule has 0 aliphatic rings. The van der Waals surface area contributed by atoms with E-state index in [1.807, 2.05) is 6.92 Å². The molecule has 0 aliphatic heterocycles. The van der Waals surface area contributed by atoms with Crippen molar-refractivity contribution in [2.45, 2.75) is 13.8 Å². The van der Waals surface area contributed by atoms with Crippen LogP contribution in [0, 0.1) is 19.7 Å². The number of nitrogens with one attached hydrogen (secondary N) is 1. The van der Waals surface area contributed by atoms with Gasteiger partial charge in [-0.25, -0.2) is 10.2 Å². The molecular weight excluding hydrogens is 269 g/mol. The predicted molar refractivity (Wildman–Crippen MR) is 71.9 cm³/mol. The number of amides is 1. The molecule has 0 atom stereocenters. The lowest BCUT2D eigenvalue weighted by Crippen LogP contribution is -2.30. The van der Waals surface area contributed by atoms with Crippen LogP contribution in [0.3, 0.4) is 0 Å². The fraction of sp³-hybridized carbons (Fsp3) is 0.154. The molecule has 0 fully saturated rings. The van der Waals surface area contributed by atoms with Gasteiger partial charge in [0.15, 0.2) is 0 Å².